The van der Waals surface area contributed by atoms with Crippen molar-refractivity contribution in [1.82, 2.24) is 20.9 Å². The third-order valence-electron chi connectivity index (χ3n) is 5.79. The van der Waals surface area contributed by atoms with E-state index in [0.717, 1.165) is 23.0 Å². The Bertz CT molecular complexity index is 1240. The Labute approximate surface area is 298 Å². The highest BCUT2D eigenvalue weighted by Gasteiger charge is 2.31. The quantitative estimate of drug-likeness (QED) is 0.0593. The average Bonchev–Trinajstić information content (AvgIpc) is 3.08. The van der Waals surface area contributed by atoms with E-state index >= 15 is 0 Å². The van der Waals surface area contributed by atoms with Crippen molar-refractivity contribution in [2.24, 2.45) is 11.7 Å². The Morgan fingerprint density at radius 2 is 1.58 bits per heavy atom. The van der Waals surface area contributed by atoms with E-state index in [-0.39, 0.29) is 26.0 Å². The second-order valence-electron chi connectivity index (χ2n) is 9.95. The minimum Gasteiger partial charge on any atom is -0.461 e. The Kier molecular flexibility index (Phi) is 30.3. The molecule has 50 heavy (non-hydrogen) atoms. The average molecular weight is 729 g/mol. The fourth-order valence-corrected chi connectivity index (χ4v) is 3.97. The topological polar surface area (TPSA) is 243 Å². The molecule has 0 fully saturated rings. The summed E-state index contributed by atoms with van der Waals surface area (Å²) >= 11 is -2.66. The van der Waals surface area contributed by atoms with Crippen LogP contribution in [0.2, 0.25) is 0 Å². The maximum atomic E-state index is 12.7. The number of imide groups is 1. The monoisotopic (exact) mass is 728 g/mol. The minimum absolute atomic E-state index is 0.0936. The van der Waals surface area contributed by atoms with Crippen molar-refractivity contribution < 1.29 is 47.1 Å². The van der Waals surface area contributed by atoms with Gasteiger partial charge < -0.3 is 36.3 Å². The predicted molar refractivity (Wildman–Crippen MR) is 193 cm³/mol. The molecule has 16 nitrogen and oxygen atoms in total. The number of hydrogen-bond donors (Lipinski definition) is 6. The van der Waals surface area contributed by atoms with Crippen LogP contribution in [0.5, 0.6) is 0 Å². The van der Waals surface area contributed by atoms with Crippen LogP contribution in [-0.4, -0.2) is 86.6 Å². The first-order chi connectivity index (χ1) is 23.7. The van der Waals surface area contributed by atoms with E-state index in [1.54, 1.807) is 45.0 Å². The fourth-order valence-electron chi connectivity index (χ4n) is 3.41. The smallest absolute Gasteiger partial charge is 0.312 e. The van der Waals surface area contributed by atoms with Crippen LogP contribution in [0.25, 0.3) is 0 Å². The standard InChI is InChI=1S/C25H34N4O9S.C4H10N2O.2C2H6/c1-5-6-22(33)29(15-30)12-11-20(39(36)37)24(34)28-23(16(2)3)25(35)26-13-21(32)27-19-9-7-18(8-10-19)14-38-17(4)31;1-2-3-6-4(5)7;2*1-2/h5-10,15-16,20,23H,11-14H2,1-4H3,(H,26,35)(H,27,32)(H,28,34)(H,36,37);2-3H2,1H3,(H3,5,6,7);2*1-2H3/b6-5-;;;. The maximum absolute atomic E-state index is 12.7. The lowest BCUT2D eigenvalue weighted by Gasteiger charge is -2.24. The van der Waals surface area contributed by atoms with Crippen LogP contribution in [-0.2, 0) is 51.2 Å². The number of nitrogens with one attached hydrogen (secondary N) is 4. The molecule has 0 saturated carbocycles. The summed E-state index contributed by atoms with van der Waals surface area (Å²) in [4.78, 5) is 82.3. The number of ether oxygens (including phenoxy) is 1. The van der Waals surface area contributed by atoms with Gasteiger partial charge in [-0.25, -0.2) is 9.00 Å². The highest BCUT2D eigenvalue weighted by molar-refractivity contribution is 7.80. The molecule has 0 radical (unpaired) electrons. The van der Waals surface area contributed by atoms with Crippen molar-refractivity contribution >= 4 is 58.8 Å². The molecule has 3 atom stereocenters. The molecular weight excluding hydrogens is 672 g/mol. The van der Waals surface area contributed by atoms with E-state index in [9.17, 15) is 42.3 Å². The number of nitrogens with two attached hydrogens (primary N) is 1. The van der Waals surface area contributed by atoms with E-state index in [1.807, 2.05) is 34.6 Å². The molecule has 0 aromatic heterocycles. The normalized spacial score (nSPS) is 11.7. The van der Waals surface area contributed by atoms with Gasteiger partial charge in [0.1, 0.15) is 17.9 Å². The summed E-state index contributed by atoms with van der Waals surface area (Å²) in [7, 11) is 0. The third kappa shape index (κ3) is 23.6. The van der Waals surface area contributed by atoms with Crippen molar-refractivity contribution in [3.8, 4) is 0 Å². The van der Waals surface area contributed by atoms with Gasteiger partial charge in [0.25, 0.3) is 5.91 Å². The maximum Gasteiger partial charge on any atom is 0.312 e. The van der Waals surface area contributed by atoms with Gasteiger partial charge in [-0.15, -0.1) is 0 Å². The van der Waals surface area contributed by atoms with Crippen molar-refractivity contribution in [2.45, 2.75) is 93.1 Å². The number of primary amides is 1. The van der Waals surface area contributed by atoms with E-state index in [1.165, 1.54) is 13.0 Å². The number of hydrogen-bond acceptors (Lipinski definition) is 9. The summed E-state index contributed by atoms with van der Waals surface area (Å²) in [5.74, 6) is -3.67. The van der Waals surface area contributed by atoms with Gasteiger partial charge in [0.15, 0.2) is 11.1 Å². The predicted octanol–water partition coefficient (Wildman–Crippen LogP) is 2.60. The summed E-state index contributed by atoms with van der Waals surface area (Å²) in [6, 6.07) is 4.94. The van der Waals surface area contributed by atoms with Crippen LogP contribution in [0.3, 0.4) is 0 Å². The number of nitrogens with zero attached hydrogens (tertiary/aromatic N) is 1. The molecule has 0 saturated heterocycles. The molecule has 284 valence electrons. The Morgan fingerprint density at radius 3 is 2.00 bits per heavy atom. The molecule has 7 amide bonds. The first kappa shape index (κ1) is 49.7. The first-order valence-electron chi connectivity index (χ1n) is 16.3. The largest absolute Gasteiger partial charge is 0.461 e. The van der Waals surface area contributed by atoms with Crippen LogP contribution < -0.4 is 27.0 Å². The lowest BCUT2D eigenvalue weighted by molar-refractivity contribution is -0.142. The minimum atomic E-state index is -2.66. The van der Waals surface area contributed by atoms with E-state index in [0.29, 0.717) is 12.2 Å². The molecule has 0 aliphatic heterocycles. The number of urea groups is 1. The number of anilines is 1. The molecule has 3 unspecified atom stereocenters. The molecule has 0 aliphatic carbocycles. The molecule has 0 heterocycles. The Hall–Kier alpha value is -4.64. The number of rotatable bonds is 17. The zero-order valence-electron chi connectivity index (χ0n) is 30.6. The van der Waals surface area contributed by atoms with Crippen molar-refractivity contribution in [3.05, 3.63) is 42.0 Å². The molecule has 1 rings (SSSR count). The van der Waals surface area contributed by atoms with Crippen LogP contribution in [0, 0.1) is 5.92 Å². The van der Waals surface area contributed by atoms with E-state index in [2.05, 4.69) is 21.3 Å². The molecule has 17 heteroatoms. The number of carbonyl (C=O) groups excluding carboxylic acids is 7. The third-order valence-corrected chi connectivity index (χ3v) is 6.72. The molecule has 0 bridgehead atoms. The lowest BCUT2D eigenvalue weighted by Crippen LogP contribution is -2.54. The van der Waals surface area contributed by atoms with Gasteiger partial charge in [-0.3, -0.25) is 33.7 Å². The van der Waals surface area contributed by atoms with Gasteiger partial charge >= 0.3 is 12.0 Å². The number of benzene rings is 1. The molecule has 1 aromatic rings. The van der Waals surface area contributed by atoms with E-state index in [4.69, 9.17) is 10.5 Å². The molecule has 7 N–H and O–H groups in total. The summed E-state index contributed by atoms with van der Waals surface area (Å²) in [6.07, 6.45) is 3.43. The van der Waals surface area contributed by atoms with Gasteiger partial charge in [-0.2, -0.15) is 0 Å². The highest BCUT2D eigenvalue weighted by Crippen LogP contribution is 2.11. The summed E-state index contributed by atoms with van der Waals surface area (Å²) < 4.78 is 26.3. The highest BCUT2D eigenvalue weighted by atomic mass is 32.2. The zero-order chi connectivity index (χ0) is 39.2. The van der Waals surface area contributed by atoms with E-state index < -0.39 is 70.5 Å². The van der Waals surface area contributed by atoms with Crippen LogP contribution in [0.4, 0.5) is 10.5 Å². The first-order valence-corrected chi connectivity index (χ1v) is 17.4. The van der Waals surface area contributed by atoms with Crippen molar-refractivity contribution in [2.75, 3.05) is 25.0 Å². The van der Waals surface area contributed by atoms with Crippen LogP contribution in [0.1, 0.15) is 80.7 Å². The van der Waals surface area contributed by atoms with Crippen molar-refractivity contribution in [1.29, 1.82) is 0 Å². The van der Waals surface area contributed by atoms with Gasteiger partial charge in [0, 0.05) is 25.7 Å². The molecule has 1 aromatic carbocycles. The van der Waals surface area contributed by atoms with Gasteiger partial charge in [0.05, 0.1) is 6.54 Å². The SMILES string of the molecule is C/C=C\C(=O)N(C=O)CCC(C(=O)NC(C(=O)NCC(=O)Nc1ccc(COC(C)=O)cc1)C(C)C)S(=O)O.CC.CC.CCCNC(N)=O. The number of allylic oxidation sites excluding steroid dienone is 1. The Morgan fingerprint density at radius 1 is 1.00 bits per heavy atom. The van der Waals surface area contributed by atoms with Crippen molar-refractivity contribution in [3.63, 3.8) is 0 Å². The second-order valence-corrected chi connectivity index (χ2v) is 11.1. The molecule has 0 aliphatic rings. The number of esters is 1. The zero-order valence-corrected chi connectivity index (χ0v) is 31.4. The summed E-state index contributed by atoms with van der Waals surface area (Å²) in [5.41, 5.74) is 5.89. The number of carbonyl (C=O) groups is 7. The van der Waals surface area contributed by atoms with Gasteiger partial charge in [-0.05, 0) is 49.5 Å². The fraction of sp³-hybridized carbons (Fsp3) is 0.545. The van der Waals surface area contributed by atoms with Crippen LogP contribution in [0.15, 0.2) is 36.4 Å². The van der Waals surface area contributed by atoms with Gasteiger partial charge in [-0.1, -0.05) is 66.7 Å². The lowest BCUT2D eigenvalue weighted by atomic mass is 10.0. The summed E-state index contributed by atoms with van der Waals surface area (Å²) in [5, 5.41) is 8.35. The molecule has 0 spiro atoms. The summed E-state index contributed by atoms with van der Waals surface area (Å²) in [6.45, 7) is 16.2. The van der Waals surface area contributed by atoms with Crippen LogP contribution >= 0.6 is 0 Å². The van der Waals surface area contributed by atoms with Gasteiger partial charge in [0.2, 0.25) is 24.1 Å². The molecular formula is C33H56N6O10S. The number of amides is 7. The Balaban J connectivity index is -0.00000175. The second kappa shape index (κ2) is 30.4.